The Hall–Kier alpha value is -1.50. The topological polar surface area (TPSA) is 54.9 Å². The van der Waals surface area contributed by atoms with Gasteiger partial charge < -0.3 is 14.4 Å². The van der Waals surface area contributed by atoms with Crippen LogP contribution in [0.3, 0.4) is 0 Å². The maximum Gasteiger partial charge on any atom is 0.248 e. The number of pyridine rings is 1. The highest BCUT2D eigenvalue weighted by atomic mass is 16.5. The van der Waals surface area contributed by atoms with Gasteiger partial charge in [-0.2, -0.15) is 0 Å². The summed E-state index contributed by atoms with van der Waals surface area (Å²) in [4.78, 5) is 20.8. The second kappa shape index (κ2) is 8.46. The number of hydrogen-bond donors (Lipinski definition) is 0. The van der Waals surface area contributed by atoms with Crippen LogP contribution in [0.1, 0.15) is 31.2 Å². The number of hydrogen-bond acceptors (Lipinski definition) is 5. The lowest BCUT2D eigenvalue weighted by Crippen LogP contribution is -2.47. The normalized spacial score (nSPS) is 29.1. The van der Waals surface area contributed by atoms with Crippen molar-refractivity contribution in [1.82, 2.24) is 14.8 Å². The van der Waals surface area contributed by atoms with Crippen LogP contribution >= 0.6 is 0 Å². The molecule has 2 aliphatic heterocycles. The number of fused-ring (bicyclic) bond motifs is 1. The molecule has 0 bridgehead atoms. The highest BCUT2D eigenvalue weighted by Crippen LogP contribution is 2.35. The van der Waals surface area contributed by atoms with E-state index in [0.29, 0.717) is 24.7 Å². The van der Waals surface area contributed by atoms with Gasteiger partial charge >= 0.3 is 0 Å². The van der Waals surface area contributed by atoms with Gasteiger partial charge in [0.2, 0.25) is 5.91 Å². The van der Waals surface area contributed by atoms with Gasteiger partial charge in [-0.25, -0.2) is 0 Å². The molecule has 3 aliphatic rings. The van der Waals surface area contributed by atoms with Gasteiger partial charge in [-0.15, -0.1) is 0 Å². The van der Waals surface area contributed by atoms with Crippen molar-refractivity contribution in [2.45, 2.75) is 44.4 Å². The molecular formula is C20H29N3O3. The van der Waals surface area contributed by atoms with Crippen molar-refractivity contribution in [1.29, 1.82) is 0 Å². The average Bonchev–Trinajstić information content (AvgIpc) is 3.33. The third-order valence-electron chi connectivity index (χ3n) is 5.90. The van der Waals surface area contributed by atoms with Gasteiger partial charge in [0.05, 0.1) is 19.3 Å². The number of carbonyl (C=O) groups excluding carboxylic acids is 1. The summed E-state index contributed by atoms with van der Waals surface area (Å²) in [7, 11) is 0. The Morgan fingerprint density at radius 2 is 2.15 bits per heavy atom. The zero-order valence-corrected chi connectivity index (χ0v) is 15.4. The Balaban J connectivity index is 1.25. The predicted molar refractivity (Wildman–Crippen MR) is 97.5 cm³/mol. The fourth-order valence-corrected chi connectivity index (χ4v) is 4.55. The quantitative estimate of drug-likeness (QED) is 0.774. The molecule has 142 valence electrons. The summed E-state index contributed by atoms with van der Waals surface area (Å²) >= 11 is 0. The number of morpholine rings is 1. The Bertz CT molecular complexity index is 591. The first kappa shape index (κ1) is 17.9. The van der Waals surface area contributed by atoms with Crippen molar-refractivity contribution in [3.8, 4) is 0 Å². The van der Waals surface area contributed by atoms with Crippen LogP contribution in [-0.2, 0) is 20.8 Å². The third-order valence-corrected chi connectivity index (χ3v) is 5.90. The van der Waals surface area contributed by atoms with E-state index < -0.39 is 0 Å². The molecule has 0 radical (unpaired) electrons. The number of ether oxygens (including phenoxy) is 2. The molecule has 1 saturated carbocycles. The Kier molecular flexibility index (Phi) is 5.82. The Labute approximate surface area is 155 Å². The van der Waals surface area contributed by atoms with Gasteiger partial charge in [0.1, 0.15) is 6.61 Å². The fourth-order valence-electron chi connectivity index (χ4n) is 4.55. The van der Waals surface area contributed by atoms with Crippen LogP contribution in [0.5, 0.6) is 0 Å². The summed E-state index contributed by atoms with van der Waals surface area (Å²) in [5.41, 5.74) is 1.25. The molecule has 0 unspecified atom stereocenters. The number of amides is 1. The van der Waals surface area contributed by atoms with Crippen LogP contribution in [0, 0.1) is 5.92 Å². The van der Waals surface area contributed by atoms with E-state index in [1.165, 1.54) is 5.56 Å². The molecule has 0 aromatic carbocycles. The van der Waals surface area contributed by atoms with Gasteiger partial charge in [0.25, 0.3) is 0 Å². The smallest absolute Gasteiger partial charge is 0.248 e. The minimum absolute atomic E-state index is 0.146. The third kappa shape index (κ3) is 4.24. The van der Waals surface area contributed by atoms with Crippen LogP contribution in [0.2, 0.25) is 0 Å². The molecule has 1 aromatic rings. The van der Waals surface area contributed by atoms with E-state index in [1.807, 2.05) is 23.4 Å². The van der Waals surface area contributed by atoms with Gasteiger partial charge in [-0.05, 0) is 43.2 Å². The molecule has 1 aliphatic carbocycles. The van der Waals surface area contributed by atoms with Crippen LogP contribution < -0.4 is 0 Å². The van der Waals surface area contributed by atoms with E-state index in [1.54, 1.807) is 0 Å². The molecule has 3 heterocycles. The maximum atomic E-state index is 12.1. The van der Waals surface area contributed by atoms with Crippen LogP contribution in [0.15, 0.2) is 24.5 Å². The van der Waals surface area contributed by atoms with Crippen LogP contribution in [0.4, 0.5) is 0 Å². The summed E-state index contributed by atoms with van der Waals surface area (Å²) in [6, 6.07) is 4.58. The molecule has 26 heavy (non-hydrogen) atoms. The second-order valence-corrected chi connectivity index (χ2v) is 7.75. The molecule has 3 atom stereocenters. The zero-order chi connectivity index (χ0) is 17.8. The number of nitrogens with zero attached hydrogens (tertiary/aromatic N) is 3. The molecule has 2 saturated heterocycles. The lowest BCUT2D eigenvalue weighted by molar-refractivity contribution is -0.135. The molecule has 6 nitrogen and oxygen atoms in total. The van der Waals surface area contributed by atoms with Gasteiger partial charge in [0.15, 0.2) is 0 Å². The van der Waals surface area contributed by atoms with Crippen LogP contribution in [-0.4, -0.2) is 72.3 Å². The van der Waals surface area contributed by atoms with Crippen molar-refractivity contribution < 1.29 is 14.3 Å². The summed E-state index contributed by atoms with van der Waals surface area (Å²) in [5.74, 6) is 0.623. The second-order valence-electron chi connectivity index (χ2n) is 7.75. The molecule has 4 rings (SSSR count). The Morgan fingerprint density at radius 1 is 1.27 bits per heavy atom. The molecule has 3 fully saturated rings. The first-order valence-electron chi connectivity index (χ1n) is 9.89. The molecule has 1 aromatic heterocycles. The fraction of sp³-hybridized carbons (Fsp3) is 0.700. The minimum atomic E-state index is 0.146. The molecular weight excluding hydrogens is 330 g/mol. The molecule has 6 heteroatoms. The summed E-state index contributed by atoms with van der Waals surface area (Å²) in [6.07, 6.45) is 8.43. The highest BCUT2D eigenvalue weighted by molar-refractivity contribution is 5.77. The first-order valence-corrected chi connectivity index (χ1v) is 9.89. The SMILES string of the molecule is O=C(COC[C@@H]1C[C@@H]2OCCN(Cc3cccnc3)[C@H]2C1)N1CCCC1. The Morgan fingerprint density at radius 3 is 2.96 bits per heavy atom. The van der Waals surface area contributed by atoms with E-state index in [2.05, 4.69) is 16.0 Å². The van der Waals surface area contributed by atoms with Crippen molar-refractivity contribution in [3.63, 3.8) is 0 Å². The zero-order valence-electron chi connectivity index (χ0n) is 15.4. The minimum Gasteiger partial charge on any atom is -0.375 e. The van der Waals surface area contributed by atoms with E-state index in [-0.39, 0.29) is 12.5 Å². The van der Waals surface area contributed by atoms with Gasteiger partial charge in [-0.3, -0.25) is 14.7 Å². The van der Waals surface area contributed by atoms with Crippen molar-refractivity contribution >= 4 is 5.91 Å². The molecule has 1 amide bonds. The number of rotatable bonds is 6. The lowest BCUT2D eigenvalue weighted by atomic mass is 10.1. The predicted octanol–water partition coefficient (Wildman–Crippen LogP) is 1.70. The van der Waals surface area contributed by atoms with E-state index in [9.17, 15) is 4.79 Å². The van der Waals surface area contributed by atoms with E-state index in [4.69, 9.17) is 9.47 Å². The summed E-state index contributed by atoms with van der Waals surface area (Å²) in [6.45, 7) is 5.38. The van der Waals surface area contributed by atoms with Gasteiger partial charge in [0, 0.05) is 44.6 Å². The van der Waals surface area contributed by atoms with Crippen molar-refractivity contribution in [3.05, 3.63) is 30.1 Å². The van der Waals surface area contributed by atoms with E-state index >= 15 is 0 Å². The largest absolute Gasteiger partial charge is 0.375 e. The first-order chi connectivity index (χ1) is 12.8. The van der Waals surface area contributed by atoms with Crippen LogP contribution in [0.25, 0.3) is 0 Å². The highest BCUT2D eigenvalue weighted by Gasteiger charge is 2.41. The summed E-state index contributed by atoms with van der Waals surface area (Å²) < 4.78 is 11.8. The molecule has 0 N–H and O–H groups in total. The van der Waals surface area contributed by atoms with Gasteiger partial charge in [-0.1, -0.05) is 6.07 Å². The standard InChI is InChI=1S/C20H29N3O3/c24-20(22-6-1-2-7-22)15-25-14-17-10-18-19(11-17)26-9-8-23(18)13-16-4-3-5-21-12-16/h3-5,12,17-19H,1-2,6-11,13-15H2/t17-,18-,19-/m0/s1. The maximum absolute atomic E-state index is 12.1. The average molecular weight is 359 g/mol. The number of likely N-dealkylation sites (tertiary alicyclic amines) is 1. The van der Waals surface area contributed by atoms with Crippen molar-refractivity contribution in [2.24, 2.45) is 5.92 Å². The number of carbonyl (C=O) groups is 1. The lowest BCUT2D eigenvalue weighted by Gasteiger charge is -2.37. The number of aromatic nitrogens is 1. The van der Waals surface area contributed by atoms with E-state index in [0.717, 1.165) is 58.5 Å². The summed E-state index contributed by atoms with van der Waals surface area (Å²) in [5, 5.41) is 0. The van der Waals surface area contributed by atoms with Crippen molar-refractivity contribution in [2.75, 3.05) is 39.5 Å². The molecule has 0 spiro atoms. The monoisotopic (exact) mass is 359 g/mol.